The molecule has 0 bridgehead atoms. The van der Waals surface area contributed by atoms with Gasteiger partial charge in [-0.3, -0.25) is 4.79 Å². The van der Waals surface area contributed by atoms with Gasteiger partial charge in [-0.05, 0) is 18.5 Å². The number of carbonyl (C=O) groups excluding carboxylic acids is 1. The Balaban J connectivity index is 2.56. The Morgan fingerprint density at radius 3 is 2.58 bits per heavy atom. The summed E-state index contributed by atoms with van der Waals surface area (Å²) in [6.07, 6.45) is -4.41. The molecule has 0 saturated heterocycles. The first-order valence-corrected chi connectivity index (χ1v) is 5.75. The first kappa shape index (κ1) is 15.4. The first-order valence-electron chi connectivity index (χ1n) is 4.97. The third-order valence-corrected chi connectivity index (χ3v) is 2.79. The number of nitrogens with zero attached hydrogens (tertiary/aromatic N) is 1. The smallest absolute Gasteiger partial charge is 0.401 e. The normalized spacial score (nSPS) is 11.4. The van der Waals surface area contributed by atoms with Crippen LogP contribution in [0.15, 0.2) is 0 Å². The van der Waals surface area contributed by atoms with Crippen LogP contribution < -0.4 is 10.6 Å². The van der Waals surface area contributed by atoms with Crippen molar-refractivity contribution >= 4 is 28.4 Å². The molecular formula is C9H10F3N3O3S. The van der Waals surface area contributed by atoms with Gasteiger partial charge in [-0.2, -0.15) is 17.5 Å². The zero-order valence-corrected chi connectivity index (χ0v) is 10.5. The van der Waals surface area contributed by atoms with Crippen molar-refractivity contribution in [2.24, 2.45) is 0 Å². The number of nitrogens with one attached hydrogen (secondary N) is 2. The molecule has 10 heteroatoms. The van der Waals surface area contributed by atoms with Crippen LogP contribution in [0.25, 0.3) is 0 Å². The molecule has 0 saturated carbocycles. The number of aryl methyl sites for hydroxylation is 1. The summed E-state index contributed by atoms with van der Waals surface area (Å²) in [5, 5.41) is 13.0. The van der Waals surface area contributed by atoms with Gasteiger partial charge in [0.05, 0.1) is 18.8 Å². The SMILES string of the molecule is Cc1nsc(NC(=O)CNCC(F)(F)F)c1C(=O)O. The van der Waals surface area contributed by atoms with Gasteiger partial charge in [-0.1, -0.05) is 0 Å². The lowest BCUT2D eigenvalue weighted by molar-refractivity contribution is -0.126. The molecule has 0 aliphatic heterocycles. The van der Waals surface area contributed by atoms with Gasteiger partial charge in [0, 0.05) is 0 Å². The molecule has 106 valence electrons. The van der Waals surface area contributed by atoms with Gasteiger partial charge in [0.2, 0.25) is 5.91 Å². The Morgan fingerprint density at radius 1 is 1.42 bits per heavy atom. The maximum atomic E-state index is 11.8. The number of carbonyl (C=O) groups is 2. The summed E-state index contributed by atoms with van der Waals surface area (Å²) in [7, 11) is 0. The van der Waals surface area contributed by atoms with Gasteiger partial charge >= 0.3 is 12.1 Å². The summed E-state index contributed by atoms with van der Waals surface area (Å²) in [6.45, 7) is -0.416. The van der Waals surface area contributed by atoms with Crippen molar-refractivity contribution in [1.29, 1.82) is 0 Å². The molecule has 1 amide bonds. The molecule has 1 heterocycles. The lowest BCUT2D eigenvalue weighted by atomic mass is 10.2. The molecule has 0 radical (unpaired) electrons. The summed E-state index contributed by atoms with van der Waals surface area (Å²) in [5.41, 5.74) is 0.0743. The minimum atomic E-state index is -4.41. The van der Waals surface area contributed by atoms with Gasteiger partial charge in [0.15, 0.2) is 0 Å². The van der Waals surface area contributed by atoms with Gasteiger partial charge in [0.1, 0.15) is 10.6 Å². The number of anilines is 1. The molecule has 0 spiro atoms. The average molecular weight is 297 g/mol. The Morgan fingerprint density at radius 2 is 2.05 bits per heavy atom. The molecule has 19 heavy (non-hydrogen) atoms. The van der Waals surface area contributed by atoms with Crippen LogP contribution in [0, 0.1) is 6.92 Å². The van der Waals surface area contributed by atoms with E-state index in [0.29, 0.717) is 0 Å². The first-order chi connectivity index (χ1) is 8.70. The van der Waals surface area contributed by atoms with Crippen molar-refractivity contribution < 1.29 is 27.9 Å². The fourth-order valence-electron chi connectivity index (χ4n) is 1.20. The number of aromatic carboxylic acids is 1. The molecule has 6 nitrogen and oxygen atoms in total. The highest BCUT2D eigenvalue weighted by molar-refractivity contribution is 7.11. The highest BCUT2D eigenvalue weighted by atomic mass is 32.1. The standard InChI is InChI=1S/C9H10F3N3O3S/c1-4-6(8(17)18)7(19-15-4)14-5(16)2-13-3-9(10,11)12/h13H,2-3H2,1H3,(H,14,16)(H,17,18). The molecule has 0 unspecified atom stereocenters. The van der Waals surface area contributed by atoms with Gasteiger partial charge in [-0.15, -0.1) is 0 Å². The molecule has 0 aromatic carbocycles. The van der Waals surface area contributed by atoms with Gasteiger partial charge in [0.25, 0.3) is 0 Å². The Hall–Kier alpha value is -1.68. The van der Waals surface area contributed by atoms with Crippen LogP contribution in [0.1, 0.15) is 16.1 Å². The minimum absolute atomic E-state index is 0.00353. The topological polar surface area (TPSA) is 91.3 Å². The number of rotatable bonds is 5. The number of carboxylic acids is 1. The van der Waals surface area contributed by atoms with E-state index in [4.69, 9.17) is 5.11 Å². The fourth-order valence-corrected chi connectivity index (χ4v) is 2.00. The summed E-state index contributed by atoms with van der Waals surface area (Å²) >= 11 is 0.759. The van der Waals surface area contributed by atoms with E-state index in [1.807, 2.05) is 5.32 Å². The molecule has 0 aliphatic rings. The van der Waals surface area contributed by atoms with Crippen LogP contribution in [-0.2, 0) is 4.79 Å². The van der Waals surface area contributed by atoms with E-state index in [1.165, 1.54) is 6.92 Å². The van der Waals surface area contributed by atoms with Crippen LogP contribution in [0.4, 0.5) is 18.2 Å². The van der Waals surface area contributed by atoms with Crippen molar-refractivity contribution in [2.45, 2.75) is 13.1 Å². The number of hydrogen-bond donors (Lipinski definition) is 3. The number of halogens is 3. The van der Waals surface area contributed by atoms with E-state index in [2.05, 4.69) is 9.69 Å². The second-order valence-electron chi connectivity index (χ2n) is 3.54. The number of amides is 1. The zero-order chi connectivity index (χ0) is 14.6. The van der Waals surface area contributed by atoms with E-state index < -0.39 is 31.1 Å². The monoisotopic (exact) mass is 297 g/mol. The van der Waals surface area contributed by atoms with Crippen LogP contribution in [0.2, 0.25) is 0 Å². The van der Waals surface area contributed by atoms with E-state index in [0.717, 1.165) is 11.5 Å². The van der Waals surface area contributed by atoms with Crippen LogP contribution in [-0.4, -0.2) is 40.6 Å². The Labute approximate surface area is 109 Å². The van der Waals surface area contributed by atoms with Crippen molar-refractivity contribution in [1.82, 2.24) is 9.69 Å². The van der Waals surface area contributed by atoms with Crippen molar-refractivity contribution in [3.63, 3.8) is 0 Å². The Bertz CT molecular complexity index is 487. The molecule has 0 fully saturated rings. The maximum Gasteiger partial charge on any atom is 0.401 e. The quantitative estimate of drug-likeness (QED) is 0.760. The third kappa shape index (κ3) is 4.83. The van der Waals surface area contributed by atoms with E-state index >= 15 is 0 Å². The molecule has 1 aromatic rings. The number of hydrogen-bond acceptors (Lipinski definition) is 5. The zero-order valence-electron chi connectivity index (χ0n) is 9.67. The predicted molar refractivity (Wildman–Crippen MR) is 61.4 cm³/mol. The maximum absolute atomic E-state index is 11.8. The van der Waals surface area contributed by atoms with Crippen molar-refractivity contribution in [2.75, 3.05) is 18.4 Å². The van der Waals surface area contributed by atoms with Gasteiger partial charge < -0.3 is 15.7 Å². The van der Waals surface area contributed by atoms with Crippen LogP contribution >= 0.6 is 11.5 Å². The number of aromatic nitrogens is 1. The molecular weight excluding hydrogens is 287 g/mol. The third-order valence-electron chi connectivity index (χ3n) is 1.94. The summed E-state index contributed by atoms with van der Waals surface area (Å²) in [6, 6.07) is 0. The van der Waals surface area contributed by atoms with Crippen molar-refractivity contribution in [3.8, 4) is 0 Å². The number of carboxylic acid groups (broad SMARTS) is 1. The van der Waals surface area contributed by atoms with E-state index in [-0.39, 0.29) is 16.3 Å². The molecule has 3 N–H and O–H groups in total. The predicted octanol–water partition coefficient (Wildman–Crippen LogP) is 1.24. The van der Waals surface area contributed by atoms with Crippen LogP contribution in [0.5, 0.6) is 0 Å². The second-order valence-corrected chi connectivity index (χ2v) is 4.32. The number of alkyl halides is 3. The highest BCUT2D eigenvalue weighted by Gasteiger charge is 2.26. The lowest BCUT2D eigenvalue weighted by Gasteiger charge is -2.08. The van der Waals surface area contributed by atoms with E-state index in [9.17, 15) is 22.8 Å². The summed E-state index contributed by atoms with van der Waals surface area (Å²) in [5.74, 6) is -2.03. The van der Waals surface area contributed by atoms with E-state index in [1.54, 1.807) is 0 Å². The van der Waals surface area contributed by atoms with Gasteiger partial charge in [-0.25, -0.2) is 4.79 Å². The second kappa shape index (κ2) is 5.97. The van der Waals surface area contributed by atoms with Crippen molar-refractivity contribution in [3.05, 3.63) is 11.3 Å². The lowest BCUT2D eigenvalue weighted by Crippen LogP contribution is -2.35. The molecule has 0 aliphatic carbocycles. The van der Waals surface area contributed by atoms with Crippen LogP contribution in [0.3, 0.4) is 0 Å². The molecule has 0 atom stereocenters. The average Bonchev–Trinajstić information content (AvgIpc) is 2.57. The largest absolute Gasteiger partial charge is 0.478 e. The molecule has 1 rings (SSSR count). The minimum Gasteiger partial charge on any atom is -0.478 e. The summed E-state index contributed by atoms with van der Waals surface area (Å²) < 4.78 is 39.2. The summed E-state index contributed by atoms with van der Waals surface area (Å²) in [4.78, 5) is 22.2. The highest BCUT2D eigenvalue weighted by Crippen LogP contribution is 2.24. The Kier molecular flexibility index (Phi) is 4.84. The fraction of sp³-hybridized carbons (Fsp3) is 0.444. The molecule has 1 aromatic heterocycles.